The first-order chi connectivity index (χ1) is 22.9. The highest BCUT2D eigenvalue weighted by molar-refractivity contribution is 5.77. The van der Waals surface area contributed by atoms with Crippen molar-refractivity contribution in [3.63, 3.8) is 0 Å². The minimum absolute atomic E-state index is 0.915. The van der Waals surface area contributed by atoms with Crippen molar-refractivity contribution in [2.45, 2.75) is 0 Å². The Morgan fingerprint density at radius 3 is 1.20 bits per heavy atom. The molecular weight excluding hydrogens is 566 g/mol. The molecule has 0 amide bonds. The maximum Gasteiger partial charge on any atom is 0.0886 e. The Morgan fingerprint density at radius 1 is 0.283 bits per heavy atom. The fourth-order valence-corrected chi connectivity index (χ4v) is 4.20. The van der Waals surface area contributed by atoms with Crippen molar-refractivity contribution in [1.29, 1.82) is 0 Å². The zero-order valence-electron chi connectivity index (χ0n) is 25.0. The molecule has 8 rings (SSSR count). The Balaban J connectivity index is 0.000000121. The van der Waals surface area contributed by atoms with Crippen LogP contribution in [-0.2, 0) is 0 Å². The van der Waals surface area contributed by atoms with Crippen molar-refractivity contribution in [2.24, 2.45) is 0 Å². The summed E-state index contributed by atoms with van der Waals surface area (Å²) in [4.78, 5) is 28.5. The average molecular weight is 598 g/mol. The number of rotatable bonds is 3. The lowest BCUT2D eigenvalue weighted by Crippen LogP contribution is -1.83. The first kappa shape index (κ1) is 31.0. The second kappa shape index (κ2) is 17.6. The zero-order chi connectivity index (χ0) is 31.5. The molecule has 0 unspecified atom stereocenters. The Morgan fingerprint density at radius 2 is 0.739 bits per heavy atom. The number of hydrogen-bond donors (Lipinski definition) is 0. The number of nitrogens with zero attached hydrogens (tertiary/aromatic N) is 7. The topological polar surface area (TPSA) is 90.2 Å². The van der Waals surface area contributed by atoms with Crippen LogP contribution in [0.1, 0.15) is 0 Å². The molecule has 222 valence electrons. The van der Waals surface area contributed by atoms with Crippen LogP contribution in [0.15, 0.2) is 189 Å². The molecule has 0 atom stereocenters. The van der Waals surface area contributed by atoms with Gasteiger partial charge in [-0.25, -0.2) is 0 Å². The van der Waals surface area contributed by atoms with E-state index < -0.39 is 0 Å². The van der Waals surface area contributed by atoms with Gasteiger partial charge in [0.25, 0.3) is 0 Å². The average Bonchev–Trinajstić information content (AvgIpc) is 3.18. The van der Waals surface area contributed by atoms with E-state index in [-0.39, 0.29) is 0 Å². The van der Waals surface area contributed by atoms with E-state index in [1.165, 1.54) is 16.5 Å². The van der Waals surface area contributed by atoms with E-state index in [2.05, 4.69) is 47.0 Å². The van der Waals surface area contributed by atoms with Crippen LogP contribution in [-0.4, -0.2) is 34.9 Å². The highest BCUT2D eigenvalue weighted by Gasteiger charge is 1.96. The summed E-state index contributed by atoms with van der Waals surface area (Å²) >= 11 is 0. The summed E-state index contributed by atoms with van der Waals surface area (Å²) in [7, 11) is 0. The van der Waals surface area contributed by atoms with Gasteiger partial charge < -0.3 is 0 Å². The minimum Gasteiger partial charge on any atom is -0.265 e. The molecule has 7 heterocycles. The summed E-state index contributed by atoms with van der Waals surface area (Å²) in [6.07, 6.45) is 19.7. The van der Waals surface area contributed by atoms with E-state index in [0.29, 0.717) is 0 Å². The fourth-order valence-electron chi connectivity index (χ4n) is 4.20. The van der Waals surface area contributed by atoms with Crippen molar-refractivity contribution in [2.75, 3.05) is 0 Å². The lowest BCUT2D eigenvalue weighted by Gasteiger charge is -1.97. The Labute approximate surface area is 268 Å². The van der Waals surface area contributed by atoms with Crippen LogP contribution in [0.25, 0.3) is 44.5 Å². The van der Waals surface area contributed by atoms with E-state index >= 15 is 0 Å². The largest absolute Gasteiger partial charge is 0.265 e. The van der Waals surface area contributed by atoms with Gasteiger partial charge in [0.05, 0.1) is 16.9 Å². The number of hydrogen-bond acceptors (Lipinski definition) is 7. The van der Waals surface area contributed by atoms with Crippen LogP contribution in [0, 0.1) is 0 Å². The van der Waals surface area contributed by atoms with Gasteiger partial charge in [0.15, 0.2) is 0 Å². The number of aromatic nitrogens is 7. The Bertz CT molecular complexity index is 1610. The third-order valence-corrected chi connectivity index (χ3v) is 6.45. The van der Waals surface area contributed by atoms with Gasteiger partial charge in [-0.3, -0.25) is 34.9 Å². The smallest absolute Gasteiger partial charge is 0.0886 e. The first-order valence-corrected chi connectivity index (χ1v) is 14.6. The van der Waals surface area contributed by atoms with Gasteiger partial charge in [-0.1, -0.05) is 48.5 Å². The molecule has 0 aliphatic carbocycles. The molecule has 7 heteroatoms. The molecule has 0 bridgehead atoms. The SMILES string of the molecule is c1cc(-c2ccncc2)ccn1.c1ccc(-c2ccccn2)nc1.c1ccc2ncccc2c1.c1cncc(-c2cccnc2)c1. The van der Waals surface area contributed by atoms with Gasteiger partial charge in [0.1, 0.15) is 0 Å². The van der Waals surface area contributed by atoms with Gasteiger partial charge in [0, 0.05) is 84.7 Å². The molecule has 0 radical (unpaired) electrons. The molecule has 46 heavy (non-hydrogen) atoms. The third kappa shape index (κ3) is 9.79. The highest BCUT2D eigenvalue weighted by atomic mass is 14.7. The monoisotopic (exact) mass is 597 g/mol. The van der Waals surface area contributed by atoms with E-state index in [4.69, 9.17) is 0 Å². The van der Waals surface area contributed by atoms with Crippen LogP contribution < -0.4 is 0 Å². The van der Waals surface area contributed by atoms with E-state index in [1.807, 2.05) is 128 Å². The normalized spacial score (nSPS) is 9.74. The van der Waals surface area contributed by atoms with Gasteiger partial charge in [0.2, 0.25) is 0 Å². The Kier molecular flexibility index (Phi) is 11.8. The fraction of sp³-hybridized carbons (Fsp3) is 0. The molecule has 7 nitrogen and oxygen atoms in total. The standard InChI is InChI=1S/3C10H8N2.C9H7N/c1-5-11-6-2-9(1)10-3-7-12-8-4-10;1-3-9(7-11-5-1)10-4-2-6-12-8-10;1-3-7-11-9(5-1)10-6-2-4-8-12-10;1-2-6-9-8(4-1)5-3-7-10-9/h3*1-8H;1-7H. The van der Waals surface area contributed by atoms with E-state index in [9.17, 15) is 0 Å². The highest BCUT2D eigenvalue weighted by Crippen LogP contribution is 2.16. The van der Waals surface area contributed by atoms with Crippen molar-refractivity contribution in [3.8, 4) is 33.6 Å². The number of fused-ring (bicyclic) bond motifs is 1. The second-order valence-electron chi connectivity index (χ2n) is 9.58. The summed E-state index contributed by atoms with van der Waals surface area (Å²) in [6, 6.07) is 39.5. The molecule has 7 aromatic heterocycles. The minimum atomic E-state index is 0.915. The van der Waals surface area contributed by atoms with Crippen LogP contribution in [0.5, 0.6) is 0 Å². The summed E-state index contributed by atoms with van der Waals surface area (Å²) in [5.41, 5.74) is 7.44. The molecule has 0 aliphatic rings. The Hall–Kier alpha value is -6.47. The van der Waals surface area contributed by atoms with Crippen LogP contribution in [0.4, 0.5) is 0 Å². The van der Waals surface area contributed by atoms with Crippen LogP contribution in [0.2, 0.25) is 0 Å². The van der Waals surface area contributed by atoms with Crippen molar-refractivity contribution < 1.29 is 0 Å². The summed E-state index contributed by atoms with van der Waals surface area (Å²) < 4.78 is 0. The maximum atomic E-state index is 4.19. The lowest BCUT2D eigenvalue weighted by molar-refractivity contribution is 1.25. The van der Waals surface area contributed by atoms with Gasteiger partial charge in [-0.2, -0.15) is 0 Å². The number of para-hydroxylation sites is 1. The summed E-state index contributed by atoms with van der Waals surface area (Å²) in [6.45, 7) is 0. The van der Waals surface area contributed by atoms with Gasteiger partial charge in [-0.05, 0) is 83.9 Å². The molecule has 0 saturated heterocycles. The van der Waals surface area contributed by atoms with Crippen LogP contribution >= 0.6 is 0 Å². The molecule has 8 aromatic rings. The quantitative estimate of drug-likeness (QED) is 0.201. The third-order valence-electron chi connectivity index (χ3n) is 6.45. The van der Waals surface area contributed by atoms with E-state index in [1.54, 1.807) is 49.6 Å². The van der Waals surface area contributed by atoms with Gasteiger partial charge in [-0.15, -0.1) is 0 Å². The van der Waals surface area contributed by atoms with E-state index in [0.717, 1.165) is 28.0 Å². The van der Waals surface area contributed by atoms with Crippen molar-refractivity contribution in [3.05, 3.63) is 189 Å². The lowest BCUT2D eigenvalue weighted by atomic mass is 10.1. The summed E-state index contributed by atoms with van der Waals surface area (Å²) in [5, 5.41) is 1.20. The van der Waals surface area contributed by atoms with Crippen molar-refractivity contribution >= 4 is 10.9 Å². The molecule has 0 saturated carbocycles. The predicted molar refractivity (Wildman–Crippen MR) is 184 cm³/mol. The zero-order valence-corrected chi connectivity index (χ0v) is 25.0. The molecule has 1 aromatic carbocycles. The molecule has 0 fully saturated rings. The predicted octanol–water partition coefficient (Wildman–Crippen LogP) is 8.67. The van der Waals surface area contributed by atoms with Gasteiger partial charge >= 0.3 is 0 Å². The first-order valence-electron chi connectivity index (χ1n) is 14.6. The van der Waals surface area contributed by atoms with Crippen LogP contribution in [0.3, 0.4) is 0 Å². The number of pyridine rings is 7. The molecule has 0 aliphatic heterocycles. The second-order valence-corrected chi connectivity index (χ2v) is 9.58. The molecular formula is C39H31N7. The number of benzene rings is 1. The molecule has 0 N–H and O–H groups in total. The van der Waals surface area contributed by atoms with Crippen molar-refractivity contribution in [1.82, 2.24) is 34.9 Å². The summed E-state index contributed by atoms with van der Waals surface area (Å²) in [5.74, 6) is 0. The molecule has 0 spiro atoms. The maximum absolute atomic E-state index is 4.19.